The fraction of sp³-hybridized carbons (Fsp3) is 0.308. The molecule has 0 atom stereocenters. The van der Waals surface area contributed by atoms with Gasteiger partial charge in [0.05, 0.1) is 0 Å². The lowest BCUT2D eigenvalue weighted by Crippen LogP contribution is -2.15. The number of nitrogens with one attached hydrogen (secondary N) is 1. The van der Waals surface area contributed by atoms with Crippen molar-refractivity contribution in [2.24, 2.45) is 4.99 Å². The van der Waals surface area contributed by atoms with Crippen LogP contribution in [0, 0.1) is 13.8 Å². The Morgan fingerprint density at radius 1 is 1.27 bits per heavy atom. The minimum atomic E-state index is 0.916. The highest BCUT2D eigenvalue weighted by Crippen LogP contribution is 2.21. The molecule has 0 saturated carbocycles. The number of amidine groups is 1. The SMILES string of the molecule is CN=C1CC=C(c2ccc(C)cc2C)N1. The fourth-order valence-corrected chi connectivity index (χ4v) is 1.90. The van der Waals surface area contributed by atoms with Gasteiger partial charge in [0, 0.05) is 24.7 Å². The molecule has 0 unspecified atom stereocenters. The van der Waals surface area contributed by atoms with Crippen molar-refractivity contribution in [3.05, 3.63) is 41.0 Å². The summed E-state index contributed by atoms with van der Waals surface area (Å²) in [5, 5.41) is 3.33. The first kappa shape index (κ1) is 9.97. The number of aryl methyl sites for hydroxylation is 2. The molecule has 0 amide bonds. The zero-order chi connectivity index (χ0) is 10.8. The van der Waals surface area contributed by atoms with E-state index in [1.54, 1.807) is 0 Å². The molecule has 0 fully saturated rings. The fourth-order valence-electron chi connectivity index (χ4n) is 1.90. The number of hydrogen-bond donors (Lipinski definition) is 1. The molecule has 1 heterocycles. The predicted molar refractivity (Wildman–Crippen MR) is 65.0 cm³/mol. The van der Waals surface area contributed by atoms with Gasteiger partial charge in [-0.15, -0.1) is 0 Å². The van der Waals surface area contributed by atoms with E-state index in [-0.39, 0.29) is 0 Å². The molecule has 0 radical (unpaired) electrons. The molecule has 2 heteroatoms. The first-order valence-corrected chi connectivity index (χ1v) is 5.21. The molecular formula is C13H16N2. The number of benzene rings is 1. The normalized spacial score (nSPS) is 17.8. The van der Waals surface area contributed by atoms with Crippen molar-refractivity contribution < 1.29 is 0 Å². The molecule has 1 N–H and O–H groups in total. The Balaban J connectivity index is 2.32. The van der Waals surface area contributed by atoms with Crippen molar-refractivity contribution in [3.63, 3.8) is 0 Å². The summed E-state index contributed by atoms with van der Waals surface area (Å²) >= 11 is 0. The van der Waals surface area contributed by atoms with E-state index in [1.807, 2.05) is 7.05 Å². The van der Waals surface area contributed by atoms with Crippen molar-refractivity contribution in [2.45, 2.75) is 20.3 Å². The van der Waals surface area contributed by atoms with E-state index in [2.05, 4.69) is 48.4 Å². The third-order valence-corrected chi connectivity index (χ3v) is 2.72. The first-order chi connectivity index (χ1) is 7.20. The molecule has 78 valence electrons. The molecule has 2 nitrogen and oxygen atoms in total. The minimum absolute atomic E-state index is 0.916. The summed E-state index contributed by atoms with van der Waals surface area (Å²) in [7, 11) is 1.82. The molecule has 1 aliphatic heterocycles. The second-order valence-corrected chi connectivity index (χ2v) is 3.94. The third-order valence-electron chi connectivity index (χ3n) is 2.72. The molecule has 2 rings (SSSR count). The van der Waals surface area contributed by atoms with E-state index in [1.165, 1.54) is 22.4 Å². The lowest BCUT2D eigenvalue weighted by atomic mass is 10.0. The van der Waals surface area contributed by atoms with Gasteiger partial charge in [0.25, 0.3) is 0 Å². The number of aliphatic imine (C=N–C) groups is 1. The Bertz CT molecular complexity index is 442. The Morgan fingerprint density at radius 2 is 2.07 bits per heavy atom. The van der Waals surface area contributed by atoms with Crippen LogP contribution >= 0.6 is 0 Å². The highest BCUT2D eigenvalue weighted by atomic mass is 15.0. The standard InChI is InChI=1S/C13H16N2/c1-9-4-5-11(10(2)8-9)12-6-7-13(14-3)15-12/h4-6,8H,7H2,1-3H3,(H,14,15). The smallest absolute Gasteiger partial charge is 0.104 e. The van der Waals surface area contributed by atoms with Crippen LogP contribution in [-0.2, 0) is 0 Å². The van der Waals surface area contributed by atoms with Gasteiger partial charge in [-0.05, 0) is 19.4 Å². The Kier molecular flexibility index (Phi) is 2.58. The maximum absolute atomic E-state index is 4.16. The molecule has 1 aliphatic rings. The van der Waals surface area contributed by atoms with Crippen LogP contribution in [-0.4, -0.2) is 12.9 Å². The van der Waals surface area contributed by atoms with Crippen molar-refractivity contribution in [3.8, 4) is 0 Å². The third kappa shape index (κ3) is 1.94. The van der Waals surface area contributed by atoms with Gasteiger partial charge in [0.15, 0.2) is 0 Å². The van der Waals surface area contributed by atoms with Crippen molar-refractivity contribution in [2.75, 3.05) is 7.05 Å². The highest BCUT2D eigenvalue weighted by molar-refractivity contribution is 5.97. The minimum Gasteiger partial charge on any atom is -0.344 e. The van der Waals surface area contributed by atoms with Gasteiger partial charge in [0.1, 0.15) is 5.84 Å². The predicted octanol–water partition coefficient (Wildman–Crippen LogP) is 2.67. The molecule has 15 heavy (non-hydrogen) atoms. The molecule has 0 bridgehead atoms. The van der Waals surface area contributed by atoms with E-state index in [0.717, 1.165) is 12.3 Å². The molecule has 1 aromatic carbocycles. The van der Waals surface area contributed by atoms with E-state index in [4.69, 9.17) is 0 Å². The highest BCUT2D eigenvalue weighted by Gasteiger charge is 2.12. The zero-order valence-electron chi connectivity index (χ0n) is 9.46. The summed E-state index contributed by atoms with van der Waals surface area (Å²) in [6.45, 7) is 4.26. The van der Waals surface area contributed by atoms with Gasteiger partial charge < -0.3 is 5.32 Å². The lowest BCUT2D eigenvalue weighted by molar-refractivity contribution is 1.23. The van der Waals surface area contributed by atoms with Gasteiger partial charge >= 0.3 is 0 Å². The zero-order valence-corrected chi connectivity index (χ0v) is 9.46. The van der Waals surface area contributed by atoms with Gasteiger partial charge in [-0.1, -0.05) is 29.8 Å². The quantitative estimate of drug-likeness (QED) is 0.740. The summed E-state index contributed by atoms with van der Waals surface area (Å²) in [6.07, 6.45) is 3.11. The van der Waals surface area contributed by atoms with E-state index in [9.17, 15) is 0 Å². The maximum atomic E-state index is 4.16. The average Bonchev–Trinajstić information content (AvgIpc) is 2.66. The first-order valence-electron chi connectivity index (χ1n) is 5.21. The van der Waals surface area contributed by atoms with Gasteiger partial charge in [-0.25, -0.2) is 0 Å². The van der Waals surface area contributed by atoms with Crippen molar-refractivity contribution in [1.82, 2.24) is 5.32 Å². The van der Waals surface area contributed by atoms with Crippen LogP contribution in [0.5, 0.6) is 0 Å². The van der Waals surface area contributed by atoms with Crippen LogP contribution < -0.4 is 5.32 Å². The molecule has 1 aromatic rings. The number of nitrogens with zero attached hydrogens (tertiary/aromatic N) is 1. The summed E-state index contributed by atoms with van der Waals surface area (Å²) in [6, 6.07) is 6.52. The van der Waals surface area contributed by atoms with Crippen molar-refractivity contribution >= 4 is 11.5 Å². The van der Waals surface area contributed by atoms with Gasteiger partial charge in [-0.3, -0.25) is 4.99 Å². The summed E-state index contributed by atoms with van der Waals surface area (Å²) in [4.78, 5) is 4.16. The average molecular weight is 200 g/mol. The van der Waals surface area contributed by atoms with Crippen LogP contribution in [0.15, 0.2) is 29.3 Å². The lowest BCUT2D eigenvalue weighted by Gasteiger charge is -2.09. The van der Waals surface area contributed by atoms with E-state index >= 15 is 0 Å². The Hall–Kier alpha value is -1.57. The summed E-state index contributed by atoms with van der Waals surface area (Å²) in [5.41, 5.74) is 5.08. The second-order valence-electron chi connectivity index (χ2n) is 3.94. The molecule has 0 saturated heterocycles. The van der Waals surface area contributed by atoms with E-state index < -0.39 is 0 Å². The van der Waals surface area contributed by atoms with Gasteiger partial charge in [0.2, 0.25) is 0 Å². The van der Waals surface area contributed by atoms with Crippen LogP contribution in [0.2, 0.25) is 0 Å². The van der Waals surface area contributed by atoms with Crippen LogP contribution in [0.4, 0.5) is 0 Å². The maximum Gasteiger partial charge on any atom is 0.104 e. The molecular weight excluding hydrogens is 184 g/mol. The monoisotopic (exact) mass is 200 g/mol. The molecule has 0 aromatic heterocycles. The van der Waals surface area contributed by atoms with Crippen molar-refractivity contribution in [1.29, 1.82) is 0 Å². The summed E-state index contributed by atoms with van der Waals surface area (Å²) < 4.78 is 0. The van der Waals surface area contributed by atoms with Crippen LogP contribution in [0.1, 0.15) is 23.1 Å². The van der Waals surface area contributed by atoms with E-state index in [0.29, 0.717) is 0 Å². The number of hydrogen-bond acceptors (Lipinski definition) is 1. The summed E-state index contributed by atoms with van der Waals surface area (Å²) in [5.74, 6) is 1.05. The topological polar surface area (TPSA) is 24.4 Å². The Labute approximate surface area is 90.7 Å². The number of rotatable bonds is 1. The largest absolute Gasteiger partial charge is 0.344 e. The molecule has 0 spiro atoms. The van der Waals surface area contributed by atoms with Crippen LogP contribution in [0.25, 0.3) is 5.70 Å². The molecule has 0 aliphatic carbocycles. The second kappa shape index (κ2) is 3.89. The van der Waals surface area contributed by atoms with Crippen LogP contribution in [0.3, 0.4) is 0 Å². The Morgan fingerprint density at radius 3 is 2.67 bits per heavy atom. The van der Waals surface area contributed by atoms with Gasteiger partial charge in [-0.2, -0.15) is 0 Å².